The summed E-state index contributed by atoms with van der Waals surface area (Å²) in [4.78, 5) is 25.3. The lowest BCUT2D eigenvalue weighted by molar-refractivity contribution is 0.0360. The minimum absolute atomic E-state index is 0.278. The van der Waals surface area contributed by atoms with Gasteiger partial charge in [-0.25, -0.2) is 14.9 Å². The number of carbonyl (C=O) groups excluding carboxylic acids is 1. The average molecular weight is 457 g/mol. The van der Waals surface area contributed by atoms with Gasteiger partial charge in [-0.1, -0.05) is 23.9 Å². The van der Waals surface area contributed by atoms with E-state index < -0.39 is 11.7 Å². The molecule has 11 heteroatoms. The van der Waals surface area contributed by atoms with E-state index in [1.165, 1.54) is 29.2 Å². The average Bonchev–Trinajstić information content (AvgIpc) is 3.44. The monoisotopic (exact) mass is 456 g/mol. The molecule has 1 amide bonds. The predicted molar refractivity (Wildman–Crippen MR) is 115 cm³/mol. The summed E-state index contributed by atoms with van der Waals surface area (Å²) in [7, 11) is 0. The zero-order valence-electron chi connectivity index (χ0n) is 16.4. The first-order chi connectivity index (χ1) is 15.2. The number of thioether (sulfide) groups is 1. The Morgan fingerprint density at radius 1 is 1.26 bits per heavy atom. The van der Waals surface area contributed by atoms with E-state index in [9.17, 15) is 9.18 Å². The zero-order chi connectivity index (χ0) is 21.6. The quantitative estimate of drug-likeness (QED) is 0.317. The van der Waals surface area contributed by atoms with E-state index in [0.29, 0.717) is 34.6 Å². The van der Waals surface area contributed by atoms with Crippen LogP contribution in [-0.2, 0) is 10.6 Å². The van der Waals surface area contributed by atoms with Crippen LogP contribution < -0.4 is 5.48 Å². The molecule has 0 fully saturated rings. The molecule has 0 saturated carbocycles. The van der Waals surface area contributed by atoms with Gasteiger partial charge in [-0.15, -0.1) is 21.5 Å². The molecule has 4 rings (SSSR count). The van der Waals surface area contributed by atoms with Crippen molar-refractivity contribution in [1.82, 2.24) is 30.2 Å². The van der Waals surface area contributed by atoms with Crippen LogP contribution >= 0.6 is 23.1 Å². The van der Waals surface area contributed by atoms with Gasteiger partial charge in [0.05, 0.1) is 18.0 Å². The fourth-order valence-electron chi connectivity index (χ4n) is 2.69. The molecule has 0 unspecified atom stereocenters. The summed E-state index contributed by atoms with van der Waals surface area (Å²) in [5.74, 6) is 0.129. The van der Waals surface area contributed by atoms with E-state index in [-0.39, 0.29) is 5.69 Å². The van der Waals surface area contributed by atoms with Crippen LogP contribution in [0.25, 0.3) is 17.1 Å². The normalized spacial score (nSPS) is 10.9. The van der Waals surface area contributed by atoms with E-state index in [2.05, 4.69) is 25.6 Å². The first-order valence-electron chi connectivity index (χ1n) is 9.27. The molecule has 0 aliphatic carbocycles. The van der Waals surface area contributed by atoms with Crippen molar-refractivity contribution in [3.8, 4) is 17.1 Å². The first-order valence-corrected chi connectivity index (χ1v) is 11.1. The maximum atomic E-state index is 14.6. The lowest BCUT2D eigenvalue weighted by Gasteiger charge is -2.10. The molecule has 4 aromatic rings. The molecule has 0 aliphatic heterocycles. The van der Waals surface area contributed by atoms with Gasteiger partial charge < -0.3 is 0 Å². The molecule has 0 bridgehead atoms. The minimum Gasteiger partial charge on any atom is -0.274 e. The molecule has 8 nitrogen and oxygen atoms in total. The number of hydroxylamine groups is 1. The van der Waals surface area contributed by atoms with Gasteiger partial charge in [-0.05, 0) is 31.2 Å². The van der Waals surface area contributed by atoms with Crippen molar-refractivity contribution in [3.05, 3.63) is 70.7 Å². The van der Waals surface area contributed by atoms with Crippen molar-refractivity contribution in [1.29, 1.82) is 0 Å². The number of nitrogens with zero attached hydrogens (tertiary/aromatic N) is 5. The number of thiazole rings is 1. The van der Waals surface area contributed by atoms with Crippen LogP contribution in [0.1, 0.15) is 22.4 Å². The topological polar surface area (TPSA) is 94.8 Å². The van der Waals surface area contributed by atoms with E-state index in [1.807, 2.05) is 6.07 Å². The standard InChI is InChI=1S/C20H17FN6O2S2/c1-2-29-26-19(28)15-11-30-17(23-15)12-31-20-25-24-18(13-6-5-9-22-10-13)27(20)16-8-4-3-7-14(16)21/h3-11H,2,12H2,1H3,(H,26,28). The Morgan fingerprint density at radius 2 is 2.13 bits per heavy atom. The molecule has 3 heterocycles. The summed E-state index contributed by atoms with van der Waals surface area (Å²) < 4.78 is 16.3. The van der Waals surface area contributed by atoms with Crippen LogP contribution in [0.5, 0.6) is 0 Å². The van der Waals surface area contributed by atoms with Crippen molar-refractivity contribution in [3.63, 3.8) is 0 Å². The second-order valence-electron chi connectivity index (χ2n) is 6.11. The fraction of sp³-hybridized carbons (Fsp3) is 0.150. The smallest absolute Gasteiger partial charge is 0.274 e. The van der Waals surface area contributed by atoms with Gasteiger partial charge in [0.25, 0.3) is 5.91 Å². The van der Waals surface area contributed by atoms with E-state index >= 15 is 0 Å². The van der Waals surface area contributed by atoms with Crippen LogP contribution in [0.4, 0.5) is 4.39 Å². The Hall–Kier alpha value is -3.15. The molecule has 0 radical (unpaired) electrons. The molecule has 0 spiro atoms. The van der Waals surface area contributed by atoms with E-state index in [1.54, 1.807) is 53.5 Å². The lowest BCUT2D eigenvalue weighted by atomic mass is 10.2. The van der Waals surface area contributed by atoms with Crippen LogP contribution in [-0.4, -0.2) is 37.2 Å². The summed E-state index contributed by atoms with van der Waals surface area (Å²) in [5, 5.41) is 11.4. The van der Waals surface area contributed by atoms with E-state index in [4.69, 9.17) is 4.84 Å². The number of halogens is 1. The summed E-state index contributed by atoms with van der Waals surface area (Å²) in [5.41, 5.74) is 3.65. The molecule has 0 aliphatic rings. The van der Waals surface area contributed by atoms with Crippen molar-refractivity contribution in [2.75, 3.05) is 6.61 Å². The van der Waals surface area contributed by atoms with Gasteiger partial charge in [-0.3, -0.25) is 19.2 Å². The van der Waals surface area contributed by atoms with Crippen LogP contribution in [0.2, 0.25) is 0 Å². The maximum absolute atomic E-state index is 14.6. The SMILES string of the molecule is CCONC(=O)c1csc(CSc2nnc(-c3cccnc3)n2-c2ccccc2F)n1. The number of aromatic nitrogens is 5. The molecule has 3 aromatic heterocycles. The Kier molecular flexibility index (Phi) is 6.65. The number of carbonyl (C=O) groups is 1. The molecule has 31 heavy (non-hydrogen) atoms. The number of benzene rings is 1. The van der Waals surface area contributed by atoms with Crippen molar-refractivity contribution in [2.24, 2.45) is 0 Å². The summed E-state index contributed by atoms with van der Waals surface area (Å²) in [6.07, 6.45) is 3.31. The third kappa shape index (κ3) is 4.79. The largest absolute Gasteiger partial charge is 0.294 e. The molecule has 158 valence electrons. The number of pyridine rings is 1. The van der Waals surface area contributed by atoms with Crippen LogP contribution in [0.15, 0.2) is 59.3 Å². The number of hydrogen-bond donors (Lipinski definition) is 1. The zero-order valence-corrected chi connectivity index (χ0v) is 18.0. The number of nitrogens with one attached hydrogen (secondary N) is 1. The van der Waals surface area contributed by atoms with Gasteiger partial charge in [0, 0.05) is 23.3 Å². The lowest BCUT2D eigenvalue weighted by Crippen LogP contribution is -2.23. The van der Waals surface area contributed by atoms with Gasteiger partial charge in [-0.2, -0.15) is 0 Å². The number of amides is 1. The molecular weight excluding hydrogens is 439 g/mol. The highest BCUT2D eigenvalue weighted by molar-refractivity contribution is 7.98. The number of rotatable bonds is 8. The van der Waals surface area contributed by atoms with Crippen molar-refractivity contribution >= 4 is 29.0 Å². The third-order valence-electron chi connectivity index (χ3n) is 4.06. The summed E-state index contributed by atoms with van der Waals surface area (Å²) >= 11 is 2.70. The van der Waals surface area contributed by atoms with Crippen LogP contribution in [0.3, 0.4) is 0 Å². The number of para-hydroxylation sites is 1. The third-order valence-corrected chi connectivity index (χ3v) is 6.04. The molecular formula is C20H17FN6O2S2. The van der Waals surface area contributed by atoms with E-state index in [0.717, 1.165) is 5.01 Å². The highest BCUT2D eigenvalue weighted by Gasteiger charge is 2.19. The Bertz CT molecular complexity index is 1180. The highest BCUT2D eigenvalue weighted by Crippen LogP contribution is 2.31. The second kappa shape index (κ2) is 9.77. The molecule has 1 N–H and O–H groups in total. The van der Waals surface area contributed by atoms with Gasteiger partial charge in [0.15, 0.2) is 11.0 Å². The van der Waals surface area contributed by atoms with Crippen molar-refractivity contribution in [2.45, 2.75) is 17.8 Å². The first kappa shape index (κ1) is 21.1. The second-order valence-corrected chi connectivity index (χ2v) is 8.00. The molecule has 0 atom stereocenters. The Labute approximate surface area is 185 Å². The van der Waals surface area contributed by atoms with Gasteiger partial charge in [0.1, 0.15) is 16.5 Å². The van der Waals surface area contributed by atoms with Gasteiger partial charge >= 0.3 is 0 Å². The van der Waals surface area contributed by atoms with Gasteiger partial charge in [0.2, 0.25) is 0 Å². The summed E-state index contributed by atoms with van der Waals surface area (Å²) in [6, 6.07) is 10.1. The number of hydrogen-bond acceptors (Lipinski definition) is 8. The fourth-order valence-corrected chi connectivity index (χ4v) is 4.43. The Morgan fingerprint density at radius 3 is 2.90 bits per heavy atom. The van der Waals surface area contributed by atoms with Crippen molar-refractivity contribution < 1.29 is 14.0 Å². The predicted octanol–water partition coefficient (Wildman–Crippen LogP) is 3.90. The maximum Gasteiger partial charge on any atom is 0.294 e. The molecule has 0 saturated heterocycles. The highest BCUT2D eigenvalue weighted by atomic mass is 32.2. The van der Waals surface area contributed by atoms with Crippen LogP contribution in [0, 0.1) is 5.82 Å². The minimum atomic E-state index is -0.400. The summed E-state index contributed by atoms with van der Waals surface area (Å²) in [6.45, 7) is 2.14. The molecule has 1 aromatic carbocycles. The Balaban J connectivity index is 1.61.